The van der Waals surface area contributed by atoms with E-state index in [9.17, 15) is 14.7 Å². The predicted molar refractivity (Wildman–Crippen MR) is 140 cm³/mol. The van der Waals surface area contributed by atoms with Gasteiger partial charge < -0.3 is 19.9 Å². The molecule has 0 saturated carbocycles. The molecule has 0 aliphatic rings. The number of ether oxygens (including phenoxy) is 2. The third-order valence-corrected chi connectivity index (χ3v) is 5.70. The highest BCUT2D eigenvalue weighted by Gasteiger charge is 2.13. The van der Waals surface area contributed by atoms with Gasteiger partial charge in [0.05, 0.1) is 25.5 Å². The SMILES string of the molecule is COc1cc(OC)cc(C(=O)Nc2ccc(/C=N/NC(=O)c3ccc(O)c(Cl)c3)c3ccccc23)c1. The summed E-state index contributed by atoms with van der Waals surface area (Å²) in [6.45, 7) is 0. The second kappa shape index (κ2) is 10.8. The minimum absolute atomic E-state index is 0.0719. The first-order chi connectivity index (χ1) is 17.4. The summed E-state index contributed by atoms with van der Waals surface area (Å²) in [6.07, 6.45) is 1.51. The Morgan fingerprint density at radius 1 is 0.861 bits per heavy atom. The number of hydrogen-bond donors (Lipinski definition) is 3. The number of hydrogen-bond acceptors (Lipinski definition) is 6. The number of fused-ring (bicyclic) bond motifs is 1. The van der Waals surface area contributed by atoms with Crippen molar-refractivity contribution in [3.63, 3.8) is 0 Å². The van der Waals surface area contributed by atoms with E-state index >= 15 is 0 Å². The third-order valence-electron chi connectivity index (χ3n) is 5.40. The molecule has 2 amide bonds. The number of amides is 2. The molecule has 3 N–H and O–H groups in total. The van der Waals surface area contributed by atoms with Gasteiger partial charge in [0.1, 0.15) is 17.2 Å². The van der Waals surface area contributed by atoms with Crippen molar-refractivity contribution in [2.24, 2.45) is 5.10 Å². The van der Waals surface area contributed by atoms with Gasteiger partial charge in [-0.2, -0.15) is 5.10 Å². The van der Waals surface area contributed by atoms with E-state index in [-0.39, 0.29) is 22.2 Å². The summed E-state index contributed by atoms with van der Waals surface area (Å²) in [5, 5.41) is 18.2. The van der Waals surface area contributed by atoms with E-state index in [2.05, 4.69) is 15.8 Å². The number of nitrogens with zero attached hydrogens (tertiary/aromatic N) is 1. The van der Waals surface area contributed by atoms with Crippen LogP contribution in [0.2, 0.25) is 5.02 Å². The van der Waals surface area contributed by atoms with Crippen LogP contribution in [0, 0.1) is 0 Å². The van der Waals surface area contributed by atoms with Crippen LogP contribution in [-0.4, -0.2) is 37.4 Å². The van der Waals surface area contributed by atoms with Gasteiger partial charge in [-0.15, -0.1) is 0 Å². The molecule has 0 saturated heterocycles. The van der Waals surface area contributed by atoms with Crippen LogP contribution in [0.1, 0.15) is 26.3 Å². The molecule has 182 valence electrons. The summed E-state index contributed by atoms with van der Waals surface area (Å²) in [5.74, 6) is 0.106. The molecule has 4 aromatic carbocycles. The number of phenols is 1. The number of carbonyl (C=O) groups excluding carboxylic acids is 2. The van der Waals surface area contributed by atoms with Gasteiger partial charge in [-0.3, -0.25) is 9.59 Å². The summed E-state index contributed by atoms with van der Waals surface area (Å²) >= 11 is 5.86. The van der Waals surface area contributed by atoms with E-state index in [1.807, 2.05) is 24.3 Å². The summed E-state index contributed by atoms with van der Waals surface area (Å²) < 4.78 is 10.5. The molecule has 0 aromatic heterocycles. The number of rotatable bonds is 7. The van der Waals surface area contributed by atoms with E-state index in [0.717, 1.165) is 16.3 Å². The molecular formula is C27H22ClN3O5. The zero-order chi connectivity index (χ0) is 25.7. The van der Waals surface area contributed by atoms with Crippen LogP contribution in [0.5, 0.6) is 17.2 Å². The lowest BCUT2D eigenvalue weighted by Crippen LogP contribution is -2.17. The molecule has 9 heteroatoms. The average Bonchev–Trinajstić information content (AvgIpc) is 2.90. The maximum absolute atomic E-state index is 13.0. The second-order valence-corrected chi connectivity index (χ2v) is 8.08. The van der Waals surface area contributed by atoms with Crippen LogP contribution in [0.25, 0.3) is 10.8 Å². The molecule has 0 bridgehead atoms. The van der Waals surface area contributed by atoms with Crippen molar-refractivity contribution in [3.05, 3.63) is 94.5 Å². The molecule has 0 fully saturated rings. The monoisotopic (exact) mass is 503 g/mol. The van der Waals surface area contributed by atoms with Gasteiger partial charge in [-0.25, -0.2) is 5.43 Å². The van der Waals surface area contributed by atoms with Crippen molar-refractivity contribution in [2.45, 2.75) is 0 Å². The lowest BCUT2D eigenvalue weighted by Gasteiger charge is -2.12. The Bertz CT molecular complexity index is 1460. The Labute approximate surface area is 212 Å². The van der Waals surface area contributed by atoms with Crippen LogP contribution in [0.3, 0.4) is 0 Å². The van der Waals surface area contributed by atoms with Gasteiger partial charge in [-0.1, -0.05) is 41.9 Å². The van der Waals surface area contributed by atoms with Gasteiger partial charge >= 0.3 is 0 Å². The number of halogens is 1. The Hall–Kier alpha value is -4.56. The Morgan fingerprint density at radius 3 is 2.22 bits per heavy atom. The normalized spacial score (nSPS) is 10.9. The predicted octanol–water partition coefficient (Wildman–Crippen LogP) is 5.23. The number of nitrogens with one attached hydrogen (secondary N) is 2. The lowest BCUT2D eigenvalue weighted by molar-refractivity contribution is 0.0954. The number of benzene rings is 4. The van der Waals surface area contributed by atoms with Crippen LogP contribution >= 0.6 is 11.6 Å². The van der Waals surface area contributed by atoms with E-state index in [1.165, 1.54) is 38.6 Å². The molecule has 0 heterocycles. The maximum atomic E-state index is 13.0. The first-order valence-electron chi connectivity index (χ1n) is 10.8. The first kappa shape index (κ1) is 24.6. The highest BCUT2D eigenvalue weighted by Crippen LogP contribution is 2.28. The van der Waals surface area contributed by atoms with Crippen molar-refractivity contribution >= 4 is 46.1 Å². The molecule has 0 atom stereocenters. The highest BCUT2D eigenvalue weighted by molar-refractivity contribution is 6.32. The summed E-state index contributed by atoms with van der Waals surface area (Å²) in [7, 11) is 3.04. The smallest absolute Gasteiger partial charge is 0.271 e. The molecule has 4 rings (SSSR count). The molecule has 0 spiro atoms. The topological polar surface area (TPSA) is 109 Å². The molecule has 0 aliphatic heterocycles. The lowest BCUT2D eigenvalue weighted by atomic mass is 10.0. The van der Waals surface area contributed by atoms with Crippen molar-refractivity contribution in [1.29, 1.82) is 0 Å². The first-order valence-corrected chi connectivity index (χ1v) is 11.2. The van der Waals surface area contributed by atoms with Crippen LogP contribution in [-0.2, 0) is 0 Å². The van der Waals surface area contributed by atoms with Crippen LogP contribution in [0.15, 0.2) is 77.9 Å². The molecule has 0 aliphatic carbocycles. The number of methoxy groups -OCH3 is 2. The molecule has 36 heavy (non-hydrogen) atoms. The van der Waals surface area contributed by atoms with Crippen molar-refractivity contribution < 1.29 is 24.2 Å². The minimum Gasteiger partial charge on any atom is -0.506 e. The zero-order valence-corrected chi connectivity index (χ0v) is 20.2. The Balaban J connectivity index is 1.56. The number of hydrazone groups is 1. The standard InChI is InChI=1S/C27H22ClN3O5/c1-35-19-11-18(12-20(14-19)36-2)26(33)30-24-9-7-17(21-5-3-4-6-22(21)24)15-29-31-27(34)16-8-10-25(32)23(28)13-16/h3-15,32H,1-2H3,(H,30,33)(H,31,34)/b29-15+. The molecule has 0 radical (unpaired) electrons. The Morgan fingerprint density at radius 2 is 1.56 bits per heavy atom. The van der Waals surface area contributed by atoms with Crippen molar-refractivity contribution in [2.75, 3.05) is 19.5 Å². The second-order valence-electron chi connectivity index (χ2n) is 7.67. The van der Waals surface area contributed by atoms with Crippen molar-refractivity contribution in [1.82, 2.24) is 5.43 Å². The minimum atomic E-state index is -0.477. The molecule has 4 aromatic rings. The average molecular weight is 504 g/mol. The molecule has 0 unspecified atom stereocenters. The van der Waals surface area contributed by atoms with E-state index in [4.69, 9.17) is 21.1 Å². The number of aromatic hydroxyl groups is 1. The summed E-state index contributed by atoms with van der Waals surface area (Å²) in [6, 6.07) is 20.1. The van der Waals surface area contributed by atoms with Gasteiger partial charge in [0.2, 0.25) is 0 Å². The van der Waals surface area contributed by atoms with Crippen LogP contribution < -0.4 is 20.2 Å². The summed E-state index contributed by atoms with van der Waals surface area (Å²) in [4.78, 5) is 25.3. The zero-order valence-electron chi connectivity index (χ0n) is 19.4. The van der Waals surface area contributed by atoms with E-state index in [1.54, 1.807) is 30.3 Å². The van der Waals surface area contributed by atoms with Gasteiger partial charge in [0.15, 0.2) is 0 Å². The fourth-order valence-corrected chi connectivity index (χ4v) is 3.73. The maximum Gasteiger partial charge on any atom is 0.271 e. The van der Waals surface area contributed by atoms with Gasteiger partial charge in [0.25, 0.3) is 11.8 Å². The largest absolute Gasteiger partial charge is 0.506 e. The number of phenolic OH excluding ortho intramolecular Hbond substituents is 1. The van der Waals surface area contributed by atoms with E-state index in [0.29, 0.717) is 22.7 Å². The molecule has 8 nitrogen and oxygen atoms in total. The highest BCUT2D eigenvalue weighted by atomic mass is 35.5. The fraction of sp³-hybridized carbons (Fsp3) is 0.0741. The molecular weight excluding hydrogens is 482 g/mol. The summed E-state index contributed by atoms with van der Waals surface area (Å²) in [5.41, 5.74) is 4.43. The Kier molecular flexibility index (Phi) is 7.36. The van der Waals surface area contributed by atoms with Crippen molar-refractivity contribution in [3.8, 4) is 17.2 Å². The van der Waals surface area contributed by atoms with Crippen LogP contribution in [0.4, 0.5) is 5.69 Å². The number of anilines is 1. The van der Waals surface area contributed by atoms with E-state index < -0.39 is 5.91 Å². The van der Waals surface area contributed by atoms with Gasteiger partial charge in [0, 0.05) is 33.8 Å². The van der Waals surface area contributed by atoms with Gasteiger partial charge in [-0.05, 0) is 41.8 Å². The quantitative estimate of drug-likeness (QED) is 0.236. The fourth-order valence-electron chi connectivity index (χ4n) is 3.55. The number of carbonyl (C=O) groups is 2. The third kappa shape index (κ3) is 5.39.